The molecule has 1 aromatic carbocycles. The summed E-state index contributed by atoms with van der Waals surface area (Å²) in [6.07, 6.45) is 3.38. The van der Waals surface area contributed by atoms with Crippen molar-refractivity contribution in [2.45, 2.75) is 98.0 Å². The Bertz CT molecular complexity index is 2410. The van der Waals surface area contributed by atoms with Gasteiger partial charge in [-0.1, -0.05) is 45.6 Å². The number of amides is 2. The SMILES string of the molecule is CCn1c(-c2cc(C#CCN3CCOC[C@H]3CO)cnc2[C@H](C)OC)c2c3cc(ccc31)-c1csc(n1)C[C@H](NC(=O)C1[C@@H](C)[C@H]1C)C(=O)N1CCC[C@H](N1)C(=O)OCC(C)(C)C2. The fourth-order valence-corrected chi connectivity index (χ4v) is 10.2. The molecular weight excluding hydrogens is 819 g/mol. The van der Waals surface area contributed by atoms with E-state index >= 15 is 0 Å². The maximum absolute atomic E-state index is 14.2. The van der Waals surface area contributed by atoms with E-state index in [0.717, 1.165) is 55.2 Å². The van der Waals surface area contributed by atoms with E-state index in [2.05, 4.69) is 90.9 Å². The van der Waals surface area contributed by atoms with E-state index in [-0.39, 0.29) is 61.3 Å². The molecule has 1 unspecified atom stereocenters. The largest absolute Gasteiger partial charge is 0.464 e. The summed E-state index contributed by atoms with van der Waals surface area (Å²) in [5, 5.41) is 18.3. The number of aromatic nitrogens is 3. The molecule has 6 bridgehead atoms. The molecule has 6 heterocycles. The zero-order chi connectivity index (χ0) is 44.6. The number of hydrogen-bond acceptors (Lipinski definition) is 12. The molecule has 3 aromatic heterocycles. The number of rotatable bonds is 8. The zero-order valence-corrected chi connectivity index (χ0v) is 38.3. The normalized spacial score (nSPS) is 25.7. The Morgan fingerprint density at radius 1 is 1.19 bits per heavy atom. The smallest absolute Gasteiger partial charge is 0.324 e. The predicted octanol–water partition coefficient (Wildman–Crippen LogP) is 5.15. The maximum Gasteiger partial charge on any atom is 0.324 e. The number of nitrogens with zero attached hydrogens (tertiary/aromatic N) is 5. The van der Waals surface area contributed by atoms with Crippen LogP contribution in [0.4, 0.5) is 0 Å². The van der Waals surface area contributed by atoms with Crippen LogP contribution in [0.15, 0.2) is 35.8 Å². The van der Waals surface area contributed by atoms with Crippen LogP contribution in [0.3, 0.4) is 0 Å². The molecule has 1 aliphatic carbocycles. The van der Waals surface area contributed by atoms with Crippen LogP contribution >= 0.6 is 11.3 Å². The minimum atomic E-state index is -0.860. The van der Waals surface area contributed by atoms with Crippen molar-refractivity contribution in [1.29, 1.82) is 0 Å². The van der Waals surface area contributed by atoms with Crippen LogP contribution in [0.5, 0.6) is 0 Å². The first-order chi connectivity index (χ1) is 30.3. The Hall–Kier alpha value is -4.69. The van der Waals surface area contributed by atoms with Crippen molar-refractivity contribution in [3.05, 3.63) is 57.7 Å². The standard InChI is InChI=1S/C48H61N7O7S/c1-8-54-40-14-13-32-20-34(40)36(44(54)35-19-31(23-49-43(35)30(4)60-7)11-9-15-53-17-18-61-25-33(53)24-56)22-48(5,6)27-62-47(59)37-12-10-16-55(52-37)46(58)38(21-41-50-39(32)26-63-41)51-45(57)42-28(2)29(42)3/h13-14,19-20,23,26,28-30,33,37-38,42,52,56H,8,10,12,15-18,21-22,24-25,27H2,1-7H3,(H,51,57)/t28-,29+,30-,33+,37-,38-,42?/m0/s1. The molecule has 7 atom stereocenters. The van der Waals surface area contributed by atoms with Crippen LogP contribution in [-0.4, -0.2) is 119 Å². The van der Waals surface area contributed by atoms with Crippen LogP contribution in [0.1, 0.15) is 82.3 Å². The highest BCUT2D eigenvalue weighted by atomic mass is 32.1. The van der Waals surface area contributed by atoms with Crippen LogP contribution < -0.4 is 10.7 Å². The first kappa shape index (κ1) is 44.9. The van der Waals surface area contributed by atoms with Crippen molar-refractivity contribution in [2.24, 2.45) is 23.2 Å². The van der Waals surface area contributed by atoms with E-state index in [1.807, 2.05) is 12.3 Å². The van der Waals surface area contributed by atoms with Crippen LogP contribution in [-0.2, 0) is 48.0 Å². The lowest BCUT2D eigenvalue weighted by Gasteiger charge is -2.35. The molecule has 63 heavy (non-hydrogen) atoms. The number of hydrogen-bond donors (Lipinski definition) is 3. The number of methoxy groups -OCH3 is 1. The number of benzene rings is 1. The molecule has 336 valence electrons. The van der Waals surface area contributed by atoms with Gasteiger partial charge in [0, 0.05) is 83.7 Å². The first-order valence-corrected chi connectivity index (χ1v) is 23.3. The van der Waals surface area contributed by atoms with Gasteiger partial charge >= 0.3 is 5.97 Å². The van der Waals surface area contributed by atoms with E-state index in [1.165, 1.54) is 16.3 Å². The summed E-state index contributed by atoms with van der Waals surface area (Å²) in [7, 11) is 1.69. The second-order valence-corrected chi connectivity index (χ2v) is 19.4. The molecule has 0 spiro atoms. The monoisotopic (exact) mass is 879 g/mol. The number of aliphatic hydroxyl groups excluding tert-OH is 1. The van der Waals surface area contributed by atoms with Crippen molar-refractivity contribution in [3.8, 4) is 34.4 Å². The van der Waals surface area contributed by atoms with Crippen molar-refractivity contribution in [3.63, 3.8) is 0 Å². The van der Waals surface area contributed by atoms with Gasteiger partial charge < -0.3 is 29.2 Å². The van der Waals surface area contributed by atoms with Gasteiger partial charge in [0.25, 0.3) is 5.91 Å². The molecule has 3 aliphatic heterocycles. The van der Waals surface area contributed by atoms with Gasteiger partial charge in [-0.2, -0.15) is 0 Å². The van der Waals surface area contributed by atoms with Crippen molar-refractivity contribution in [2.75, 3.05) is 53.2 Å². The molecule has 2 amide bonds. The lowest BCUT2D eigenvalue weighted by molar-refractivity contribution is -0.155. The number of hydrazine groups is 1. The number of thiazole rings is 1. The third-order valence-corrected chi connectivity index (χ3v) is 14.3. The summed E-state index contributed by atoms with van der Waals surface area (Å²) < 4.78 is 20.0. The van der Waals surface area contributed by atoms with Crippen molar-refractivity contribution < 1.29 is 33.7 Å². The number of cyclic esters (lactones) is 1. The number of nitrogens with one attached hydrogen (secondary N) is 2. The highest BCUT2D eigenvalue weighted by Crippen LogP contribution is 2.46. The van der Waals surface area contributed by atoms with Crippen molar-refractivity contribution >= 4 is 40.0 Å². The number of aryl methyl sites for hydroxylation is 1. The van der Waals surface area contributed by atoms with Crippen LogP contribution in [0, 0.1) is 35.0 Å². The van der Waals surface area contributed by atoms with Gasteiger partial charge in [-0.25, -0.2) is 10.4 Å². The number of morpholine rings is 1. The average Bonchev–Trinajstić information content (AvgIpc) is 3.55. The topological polar surface area (TPSA) is 160 Å². The Balaban J connectivity index is 1.23. The Morgan fingerprint density at radius 2 is 2.00 bits per heavy atom. The molecule has 1 saturated carbocycles. The summed E-state index contributed by atoms with van der Waals surface area (Å²) in [6, 6.07) is 6.88. The Morgan fingerprint density at radius 3 is 2.75 bits per heavy atom. The Labute approximate surface area is 374 Å². The molecule has 4 aromatic rings. The van der Waals surface area contributed by atoms with E-state index in [0.29, 0.717) is 58.7 Å². The Kier molecular flexibility index (Phi) is 13.4. The van der Waals surface area contributed by atoms with Gasteiger partial charge in [-0.3, -0.25) is 29.3 Å². The molecule has 3 fully saturated rings. The molecule has 0 radical (unpaired) electrons. The average molecular weight is 880 g/mol. The maximum atomic E-state index is 14.2. The molecule has 4 aliphatic rings. The number of esters is 1. The van der Waals surface area contributed by atoms with Crippen LogP contribution in [0.25, 0.3) is 33.4 Å². The summed E-state index contributed by atoms with van der Waals surface area (Å²) in [4.78, 5) is 53.8. The lowest BCUT2D eigenvalue weighted by atomic mass is 9.84. The summed E-state index contributed by atoms with van der Waals surface area (Å²) in [5.74, 6) is 6.22. The molecule has 2 saturated heterocycles. The van der Waals surface area contributed by atoms with E-state index in [9.17, 15) is 19.5 Å². The number of pyridine rings is 1. The van der Waals surface area contributed by atoms with Gasteiger partial charge in [0.1, 0.15) is 12.1 Å². The number of ether oxygens (including phenoxy) is 3. The van der Waals surface area contributed by atoms with Gasteiger partial charge in [-0.05, 0) is 68.7 Å². The minimum Gasteiger partial charge on any atom is -0.464 e. The molecule has 15 heteroatoms. The highest BCUT2D eigenvalue weighted by molar-refractivity contribution is 7.10. The third-order valence-electron chi connectivity index (χ3n) is 13.4. The number of carbonyl (C=O) groups is 3. The summed E-state index contributed by atoms with van der Waals surface area (Å²) >= 11 is 1.47. The number of aliphatic hydroxyl groups is 1. The quantitative estimate of drug-likeness (QED) is 0.159. The van der Waals surface area contributed by atoms with Crippen molar-refractivity contribution in [1.82, 2.24) is 35.2 Å². The number of fused-ring (bicyclic) bond motifs is 6. The van der Waals surface area contributed by atoms with E-state index < -0.39 is 23.5 Å². The fraction of sp³-hybridized carbons (Fsp3) is 0.562. The molecule has 8 rings (SSSR count). The van der Waals surface area contributed by atoms with E-state index in [1.54, 1.807) is 13.3 Å². The second kappa shape index (κ2) is 18.8. The van der Waals surface area contributed by atoms with Gasteiger partial charge in [-0.15, -0.1) is 11.3 Å². The third kappa shape index (κ3) is 9.44. The molecule has 14 nitrogen and oxygen atoms in total. The van der Waals surface area contributed by atoms with Gasteiger partial charge in [0.05, 0.1) is 67.2 Å². The minimum absolute atomic E-state index is 0.0126. The number of carbonyl (C=O) groups excluding carboxylic acids is 3. The zero-order valence-electron chi connectivity index (χ0n) is 37.5. The van der Waals surface area contributed by atoms with Gasteiger partial charge in [0.2, 0.25) is 5.91 Å². The molecular formula is C48H61N7O7S. The first-order valence-electron chi connectivity index (χ1n) is 22.4. The summed E-state index contributed by atoms with van der Waals surface area (Å²) in [5.41, 5.74) is 9.95. The fourth-order valence-electron chi connectivity index (χ4n) is 9.40. The highest BCUT2D eigenvalue weighted by Gasteiger charge is 2.49. The second-order valence-electron chi connectivity index (χ2n) is 18.4. The van der Waals surface area contributed by atoms with Crippen LogP contribution in [0.2, 0.25) is 0 Å². The predicted molar refractivity (Wildman–Crippen MR) is 241 cm³/mol. The van der Waals surface area contributed by atoms with E-state index in [4.69, 9.17) is 24.2 Å². The molecule has 3 N–H and O–H groups in total. The lowest BCUT2D eigenvalue weighted by Crippen LogP contribution is -2.60. The summed E-state index contributed by atoms with van der Waals surface area (Å²) in [6.45, 7) is 16.0. The van der Waals surface area contributed by atoms with Gasteiger partial charge in [0.15, 0.2) is 0 Å².